The molecule has 2 N–H and O–H groups in total. The molecule has 0 unspecified atom stereocenters. The van der Waals surface area contributed by atoms with Gasteiger partial charge in [0.15, 0.2) is 0 Å². The number of carbonyl (C=O) groups excluding carboxylic acids is 2. The number of hydrazone groups is 1. The van der Waals surface area contributed by atoms with E-state index in [9.17, 15) is 9.59 Å². The van der Waals surface area contributed by atoms with Gasteiger partial charge in [0.2, 0.25) is 11.8 Å². The molecule has 1 aromatic heterocycles. The minimum absolute atomic E-state index is 0.0323. The molecule has 0 aliphatic rings. The topological polar surface area (TPSA) is 70.6 Å². The molecule has 0 aromatic carbocycles. The highest BCUT2D eigenvalue weighted by molar-refractivity contribution is 7.11. The Kier molecular flexibility index (Phi) is 5.35. The van der Waals surface area contributed by atoms with E-state index in [-0.39, 0.29) is 18.4 Å². The Morgan fingerprint density at radius 3 is 2.82 bits per heavy atom. The van der Waals surface area contributed by atoms with Crippen LogP contribution in [0.25, 0.3) is 0 Å². The van der Waals surface area contributed by atoms with Gasteiger partial charge in [-0.3, -0.25) is 9.59 Å². The van der Waals surface area contributed by atoms with Crippen molar-refractivity contribution in [3.8, 4) is 0 Å². The fraction of sp³-hybridized carbons (Fsp3) is 0.364. The minimum atomic E-state index is -0.420. The third-order valence-electron chi connectivity index (χ3n) is 1.70. The molecular weight excluding hydrogens is 238 g/mol. The highest BCUT2D eigenvalue weighted by atomic mass is 32.1. The van der Waals surface area contributed by atoms with E-state index in [0.717, 1.165) is 4.88 Å². The third kappa shape index (κ3) is 5.82. The Balaban J connectivity index is 2.28. The van der Waals surface area contributed by atoms with Gasteiger partial charge >= 0.3 is 0 Å². The second kappa shape index (κ2) is 6.80. The minimum Gasteiger partial charge on any atom is -0.353 e. The maximum atomic E-state index is 11.3. The molecule has 0 radical (unpaired) electrons. The van der Waals surface area contributed by atoms with Crippen LogP contribution in [-0.4, -0.2) is 24.1 Å². The second-order valence-electron chi connectivity index (χ2n) is 3.71. The van der Waals surface area contributed by atoms with Gasteiger partial charge in [0.1, 0.15) is 6.42 Å². The van der Waals surface area contributed by atoms with Crippen LogP contribution >= 0.6 is 11.3 Å². The predicted molar refractivity (Wildman–Crippen MR) is 68.0 cm³/mol. The predicted octanol–water partition coefficient (Wildman–Crippen LogP) is 1.11. The van der Waals surface area contributed by atoms with Gasteiger partial charge in [-0.25, -0.2) is 5.43 Å². The summed E-state index contributed by atoms with van der Waals surface area (Å²) in [6, 6.07) is 3.81. The smallest absolute Gasteiger partial charge is 0.249 e. The molecule has 2 amide bonds. The van der Waals surface area contributed by atoms with E-state index in [4.69, 9.17) is 0 Å². The fourth-order valence-electron chi connectivity index (χ4n) is 1.09. The van der Waals surface area contributed by atoms with Crippen LogP contribution in [0.15, 0.2) is 22.6 Å². The summed E-state index contributed by atoms with van der Waals surface area (Å²) in [4.78, 5) is 23.5. The van der Waals surface area contributed by atoms with Crippen LogP contribution in [0.2, 0.25) is 0 Å². The second-order valence-corrected chi connectivity index (χ2v) is 4.69. The van der Waals surface area contributed by atoms with E-state index in [1.165, 1.54) is 11.3 Å². The van der Waals surface area contributed by atoms with E-state index in [2.05, 4.69) is 15.8 Å². The molecule has 0 saturated carbocycles. The van der Waals surface area contributed by atoms with Gasteiger partial charge in [-0.1, -0.05) is 6.07 Å². The summed E-state index contributed by atoms with van der Waals surface area (Å²) >= 11 is 1.52. The molecular formula is C11H15N3O2S. The standard InChI is InChI=1S/C11H15N3O2S/c1-8(2)13-10(15)6-11(16)14-12-7-9-4-3-5-17-9/h3-5,7-8H,6H2,1-2H3,(H,13,15)(H,14,16). The van der Waals surface area contributed by atoms with Gasteiger partial charge < -0.3 is 5.32 Å². The number of nitrogens with zero attached hydrogens (tertiary/aromatic N) is 1. The van der Waals surface area contributed by atoms with E-state index < -0.39 is 5.91 Å². The number of nitrogens with one attached hydrogen (secondary N) is 2. The van der Waals surface area contributed by atoms with Crippen LogP contribution in [0.1, 0.15) is 25.1 Å². The molecule has 5 nitrogen and oxygen atoms in total. The molecule has 0 spiro atoms. The zero-order valence-electron chi connectivity index (χ0n) is 9.77. The molecule has 0 saturated heterocycles. The molecule has 0 atom stereocenters. The van der Waals surface area contributed by atoms with Gasteiger partial charge in [0, 0.05) is 10.9 Å². The van der Waals surface area contributed by atoms with E-state index in [0.29, 0.717) is 0 Å². The number of amides is 2. The first-order valence-electron chi connectivity index (χ1n) is 5.22. The lowest BCUT2D eigenvalue weighted by molar-refractivity contribution is -0.129. The fourth-order valence-corrected chi connectivity index (χ4v) is 1.68. The number of rotatable bonds is 5. The Bertz CT molecular complexity index is 399. The Hall–Kier alpha value is -1.69. The molecule has 0 aliphatic carbocycles. The summed E-state index contributed by atoms with van der Waals surface area (Å²) in [6.07, 6.45) is 1.34. The van der Waals surface area contributed by atoms with Crippen molar-refractivity contribution in [3.05, 3.63) is 22.4 Å². The quantitative estimate of drug-likeness (QED) is 0.469. The average molecular weight is 253 g/mol. The molecule has 0 aliphatic heterocycles. The van der Waals surface area contributed by atoms with Crippen LogP contribution < -0.4 is 10.7 Å². The van der Waals surface area contributed by atoms with Gasteiger partial charge in [-0.15, -0.1) is 11.3 Å². The summed E-state index contributed by atoms with van der Waals surface area (Å²) in [7, 11) is 0. The van der Waals surface area contributed by atoms with Gasteiger partial charge in [-0.2, -0.15) is 5.10 Å². The summed E-state index contributed by atoms with van der Waals surface area (Å²) in [5, 5.41) is 8.30. The van der Waals surface area contributed by atoms with Crippen molar-refractivity contribution in [1.82, 2.24) is 10.7 Å². The maximum absolute atomic E-state index is 11.3. The number of carbonyl (C=O) groups is 2. The van der Waals surface area contributed by atoms with Crippen molar-refractivity contribution < 1.29 is 9.59 Å². The lowest BCUT2D eigenvalue weighted by Crippen LogP contribution is -2.34. The first kappa shape index (κ1) is 13.4. The van der Waals surface area contributed by atoms with Crippen molar-refractivity contribution in [3.63, 3.8) is 0 Å². The maximum Gasteiger partial charge on any atom is 0.249 e. The zero-order chi connectivity index (χ0) is 12.7. The van der Waals surface area contributed by atoms with Gasteiger partial charge in [0.25, 0.3) is 0 Å². The molecule has 1 heterocycles. The third-order valence-corrected chi connectivity index (χ3v) is 2.50. The molecule has 17 heavy (non-hydrogen) atoms. The van der Waals surface area contributed by atoms with Crippen LogP contribution in [0, 0.1) is 0 Å². The van der Waals surface area contributed by atoms with Crippen LogP contribution in [0.4, 0.5) is 0 Å². The highest BCUT2D eigenvalue weighted by Crippen LogP contribution is 2.03. The normalized spacial score (nSPS) is 10.8. The summed E-state index contributed by atoms with van der Waals surface area (Å²) in [5.41, 5.74) is 2.30. The van der Waals surface area contributed by atoms with Crippen molar-refractivity contribution in [2.75, 3.05) is 0 Å². The van der Waals surface area contributed by atoms with Gasteiger partial charge in [-0.05, 0) is 25.3 Å². The van der Waals surface area contributed by atoms with E-state index in [1.807, 2.05) is 31.4 Å². The Morgan fingerprint density at radius 1 is 1.47 bits per heavy atom. The van der Waals surface area contributed by atoms with Crippen molar-refractivity contribution in [1.29, 1.82) is 0 Å². The number of hydrogen-bond donors (Lipinski definition) is 2. The Labute approximate surface area is 104 Å². The number of thiophene rings is 1. The van der Waals surface area contributed by atoms with E-state index >= 15 is 0 Å². The lowest BCUT2D eigenvalue weighted by Gasteiger charge is -2.06. The molecule has 0 fully saturated rings. The summed E-state index contributed by atoms with van der Waals surface area (Å²) in [5.74, 6) is -0.722. The van der Waals surface area contributed by atoms with Crippen LogP contribution in [0.5, 0.6) is 0 Å². The Morgan fingerprint density at radius 2 is 2.24 bits per heavy atom. The van der Waals surface area contributed by atoms with Gasteiger partial charge in [0.05, 0.1) is 6.21 Å². The summed E-state index contributed by atoms with van der Waals surface area (Å²) < 4.78 is 0. The van der Waals surface area contributed by atoms with Crippen molar-refractivity contribution in [2.45, 2.75) is 26.3 Å². The molecule has 6 heteroatoms. The zero-order valence-corrected chi connectivity index (χ0v) is 10.6. The lowest BCUT2D eigenvalue weighted by atomic mass is 10.3. The SMILES string of the molecule is CC(C)NC(=O)CC(=O)NN=Cc1cccs1. The molecule has 1 rings (SSSR count). The van der Waals surface area contributed by atoms with E-state index in [1.54, 1.807) is 6.21 Å². The molecule has 0 bridgehead atoms. The van der Waals surface area contributed by atoms with Crippen molar-refractivity contribution in [2.24, 2.45) is 5.10 Å². The first-order valence-corrected chi connectivity index (χ1v) is 6.10. The average Bonchev–Trinajstić information content (AvgIpc) is 2.68. The molecule has 1 aromatic rings. The summed E-state index contributed by atoms with van der Waals surface area (Å²) in [6.45, 7) is 3.68. The monoisotopic (exact) mass is 253 g/mol. The number of hydrogen-bond acceptors (Lipinski definition) is 4. The first-order chi connectivity index (χ1) is 8.08. The van der Waals surface area contributed by atoms with Crippen LogP contribution in [-0.2, 0) is 9.59 Å². The highest BCUT2D eigenvalue weighted by Gasteiger charge is 2.08. The van der Waals surface area contributed by atoms with Crippen LogP contribution in [0.3, 0.4) is 0 Å². The van der Waals surface area contributed by atoms with Crippen molar-refractivity contribution >= 4 is 29.4 Å². The molecule has 92 valence electrons. The largest absolute Gasteiger partial charge is 0.353 e.